The lowest BCUT2D eigenvalue weighted by Crippen LogP contribution is -2.38. The van der Waals surface area contributed by atoms with Gasteiger partial charge in [0.25, 0.3) is 0 Å². The summed E-state index contributed by atoms with van der Waals surface area (Å²) in [6.07, 6.45) is 0.159. The molecule has 0 saturated carbocycles. The van der Waals surface area contributed by atoms with Gasteiger partial charge in [0.1, 0.15) is 0 Å². The first kappa shape index (κ1) is 17.9. The highest BCUT2D eigenvalue weighted by Crippen LogP contribution is 2.27. The quantitative estimate of drug-likeness (QED) is 0.597. The molecule has 128 valence electrons. The van der Waals surface area contributed by atoms with Gasteiger partial charge in [0, 0.05) is 44.4 Å². The van der Waals surface area contributed by atoms with Gasteiger partial charge in [0.2, 0.25) is 11.8 Å². The SMILES string of the molecule is NCCNCCN(C(=O)CCC(N)=O)c1cccc2ccccc12. The molecule has 0 spiro atoms. The fourth-order valence-corrected chi connectivity index (χ4v) is 2.61. The average Bonchev–Trinajstić information content (AvgIpc) is 2.59. The van der Waals surface area contributed by atoms with Crippen molar-refractivity contribution in [1.29, 1.82) is 0 Å². The van der Waals surface area contributed by atoms with Crippen LogP contribution in [0.4, 0.5) is 5.69 Å². The van der Waals surface area contributed by atoms with Crippen LogP contribution in [-0.4, -0.2) is 38.0 Å². The summed E-state index contributed by atoms with van der Waals surface area (Å²) in [5.74, 6) is -0.581. The van der Waals surface area contributed by atoms with E-state index in [1.165, 1.54) is 0 Å². The molecule has 0 heterocycles. The number of carbonyl (C=O) groups excluding carboxylic acids is 2. The smallest absolute Gasteiger partial charge is 0.227 e. The number of hydrogen-bond acceptors (Lipinski definition) is 4. The van der Waals surface area contributed by atoms with E-state index in [0.29, 0.717) is 26.2 Å². The topological polar surface area (TPSA) is 101 Å². The summed E-state index contributed by atoms with van der Waals surface area (Å²) < 4.78 is 0. The summed E-state index contributed by atoms with van der Waals surface area (Å²) >= 11 is 0. The van der Waals surface area contributed by atoms with Gasteiger partial charge in [-0.15, -0.1) is 0 Å². The fourth-order valence-electron chi connectivity index (χ4n) is 2.61. The Bertz CT molecular complexity index is 697. The van der Waals surface area contributed by atoms with Crippen LogP contribution in [0.5, 0.6) is 0 Å². The predicted octanol–water partition coefficient (Wildman–Crippen LogP) is 0.987. The molecule has 24 heavy (non-hydrogen) atoms. The summed E-state index contributed by atoms with van der Waals surface area (Å²) in [5.41, 5.74) is 11.5. The van der Waals surface area contributed by atoms with Crippen LogP contribution in [0, 0.1) is 0 Å². The van der Waals surface area contributed by atoms with Gasteiger partial charge in [-0.3, -0.25) is 9.59 Å². The summed E-state index contributed by atoms with van der Waals surface area (Å²) in [6.45, 7) is 2.37. The summed E-state index contributed by atoms with van der Waals surface area (Å²) in [6, 6.07) is 13.8. The second-order valence-electron chi connectivity index (χ2n) is 5.55. The minimum Gasteiger partial charge on any atom is -0.370 e. The Labute approximate surface area is 141 Å². The van der Waals surface area contributed by atoms with Crippen LogP contribution in [0.25, 0.3) is 10.8 Å². The summed E-state index contributed by atoms with van der Waals surface area (Å²) in [7, 11) is 0. The van der Waals surface area contributed by atoms with Gasteiger partial charge in [-0.05, 0) is 11.5 Å². The van der Waals surface area contributed by atoms with Crippen molar-refractivity contribution >= 4 is 28.3 Å². The number of fused-ring (bicyclic) bond motifs is 1. The first-order chi connectivity index (χ1) is 11.6. The highest BCUT2D eigenvalue weighted by atomic mass is 16.2. The molecule has 0 aliphatic rings. The van der Waals surface area contributed by atoms with Crippen LogP contribution in [0.3, 0.4) is 0 Å². The third kappa shape index (κ3) is 4.78. The third-order valence-corrected chi connectivity index (χ3v) is 3.78. The van der Waals surface area contributed by atoms with E-state index in [1.54, 1.807) is 4.90 Å². The van der Waals surface area contributed by atoms with Gasteiger partial charge in [0.05, 0.1) is 5.69 Å². The molecule has 2 aromatic rings. The van der Waals surface area contributed by atoms with Gasteiger partial charge >= 0.3 is 0 Å². The lowest BCUT2D eigenvalue weighted by Gasteiger charge is -2.24. The van der Waals surface area contributed by atoms with Crippen LogP contribution in [0.15, 0.2) is 42.5 Å². The molecule has 0 aliphatic heterocycles. The number of nitrogens with two attached hydrogens (primary N) is 2. The van der Waals surface area contributed by atoms with Gasteiger partial charge in [0.15, 0.2) is 0 Å². The van der Waals surface area contributed by atoms with Crippen molar-refractivity contribution in [3.05, 3.63) is 42.5 Å². The van der Waals surface area contributed by atoms with Crippen molar-refractivity contribution in [2.24, 2.45) is 11.5 Å². The van der Waals surface area contributed by atoms with Gasteiger partial charge < -0.3 is 21.7 Å². The lowest BCUT2D eigenvalue weighted by atomic mass is 10.1. The zero-order valence-electron chi connectivity index (χ0n) is 13.7. The number of rotatable bonds is 9. The van der Waals surface area contributed by atoms with E-state index in [-0.39, 0.29) is 18.7 Å². The predicted molar refractivity (Wildman–Crippen MR) is 96.7 cm³/mol. The van der Waals surface area contributed by atoms with E-state index in [0.717, 1.165) is 16.5 Å². The molecule has 5 N–H and O–H groups in total. The molecule has 6 nitrogen and oxygen atoms in total. The Kier molecular flexibility index (Phi) is 6.72. The zero-order valence-corrected chi connectivity index (χ0v) is 13.7. The summed E-state index contributed by atoms with van der Waals surface area (Å²) in [4.78, 5) is 25.3. The van der Waals surface area contributed by atoms with E-state index < -0.39 is 5.91 Å². The number of nitrogens with one attached hydrogen (secondary N) is 1. The highest BCUT2D eigenvalue weighted by molar-refractivity contribution is 6.04. The summed E-state index contributed by atoms with van der Waals surface area (Å²) in [5, 5.41) is 5.27. The Hall–Kier alpha value is -2.44. The number of anilines is 1. The van der Waals surface area contributed by atoms with Gasteiger partial charge in [-0.25, -0.2) is 0 Å². The fraction of sp³-hybridized carbons (Fsp3) is 0.333. The minimum absolute atomic E-state index is 0.0519. The first-order valence-corrected chi connectivity index (χ1v) is 8.10. The Morgan fingerprint density at radius 1 is 1.00 bits per heavy atom. The van der Waals surface area contributed by atoms with Crippen molar-refractivity contribution in [1.82, 2.24) is 5.32 Å². The normalized spacial score (nSPS) is 10.7. The molecular weight excluding hydrogens is 304 g/mol. The molecule has 0 radical (unpaired) electrons. The van der Waals surface area contributed by atoms with Crippen LogP contribution < -0.4 is 21.7 Å². The number of nitrogens with zero attached hydrogens (tertiary/aromatic N) is 1. The highest BCUT2D eigenvalue weighted by Gasteiger charge is 2.18. The van der Waals surface area contributed by atoms with Crippen LogP contribution in [0.1, 0.15) is 12.8 Å². The molecular formula is C18H24N4O2. The molecule has 0 aromatic heterocycles. The van der Waals surface area contributed by atoms with E-state index in [2.05, 4.69) is 5.32 Å². The van der Waals surface area contributed by atoms with Crippen LogP contribution in [0.2, 0.25) is 0 Å². The maximum Gasteiger partial charge on any atom is 0.227 e. The average molecular weight is 328 g/mol. The molecule has 0 atom stereocenters. The monoisotopic (exact) mass is 328 g/mol. The van der Waals surface area contributed by atoms with Crippen molar-refractivity contribution in [2.45, 2.75) is 12.8 Å². The second-order valence-corrected chi connectivity index (χ2v) is 5.55. The van der Waals surface area contributed by atoms with Crippen molar-refractivity contribution < 1.29 is 9.59 Å². The largest absolute Gasteiger partial charge is 0.370 e. The molecule has 2 aromatic carbocycles. The number of carbonyl (C=O) groups is 2. The minimum atomic E-state index is -0.470. The molecule has 2 rings (SSSR count). The Morgan fingerprint density at radius 2 is 1.75 bits per heavy atom. The van der Waals surface area contributed by atoms with Gasteiger partial charge in [-0.1, -0.05) is 36.4 Å². The molecule has 0 aliphatic carbocycles. The number of amides is 2. The molecule has 2 amide bonds. The van der Waals surface area contributed by atoms with E-state index >= 15 is 0 Å². The molecule has 6 heteroatoms. The maximum absolute atomic E-state index is 12.6. The van der Waals surface area contributed by atoms with E-state index in [1.807, 2.05) is 42.5 Å². The van der Waals surface area contributed by atoms with Crippen LogP contribution >= 0.6 is 0 Å². The number of hydrogen-bond donors (Lipinski definition) is 3. The standard InChI is InChI=1S/C18H24N4O2/c19-10-11-21-12-13-22(18(24)9-8-17(20)23)16-7-3-5-14-4-1-2-6-15(14)16/h1-7,21H,8-13,19H2,(H2,20,23). The number of primary amides is 1. The van der Waals surface area contributed by atoms with E-state index in [9.17, 15) is 9.59 Å². The van der Waals surface area contributed by atoms with Crippen molar-refractivity contribution in [3.63, 3.8) is 0 Å². The Morgan fingerprint density at radius 3 is 2.50 bits per heavy atom. The van der Waals surface area contributed by atoms with Crippen molar-refractivity contribution in [2.75, 3.05) is 31.1 Å². The molecule has 0 unspecified atom stereocenters. The van der Waals surface area contributed by atoms with Gasteiger partial charge in [-0.2, -0.15) is 0 Å². The molecule has 0 saturated heterocycles. The maximum atomic E-state index is 12.6. The zero-order chi connectivity index (χ0) is 17.4. The Balaban J connectivity index is 2.25. The third-order valence-electron chi connectivity index (χ3n) is 3.78. The van der Waals surface area contributed by atoms with E-state index in [4.69, 9.17) is 11.5 Å². The number of benzene rings is 2. The first-order valence-electron chi connectivity index (χ1n) is 8.10. The second kappa shape index (κ2) is 9.00. The molecule has 0 bridgehead atoms. The lowest BCUT2D eigenvalue weighted by molar-refractivity contribution is -0.123. The molecule has 0 fully saturated rings. The van der Waals surface area contributed by atoms with Crippen LogP contribution in [-0.2, 0) is 9.59 Å². The van der Waals surface area contributed by atoms with Crippen molar-refractivity contribution in [3.8, 4) is 0 Å².